The van der Waals surface area contributed by atoms with Crippen LogP contribution < -0.4 is 10.1 Å². The molecule has 1 heterocycles. The van der Waals surface area contributed by atoms with Crippen LogP contribution in [0.25, 0.3) is 11.3 Å². The first-order valence-electron chi connectivity index (χ1n) is 9.50. The molecule has 2 aromatic carbocycles. The number of rotatable bonds is 8. The van der Waals surface area contributed by atoms with Crippen LogP contribution >= 0.6 is 0 Å². The highest BCUT2D eigenvalue weighted by atomic mass is 16.5. The van der Waals surface area contributed by atoms with Crippen molar-refractivity contribution in [2.75, 3.05) is 13.7 Å². The van der Waals surface area contributed by atoms with Gasteiger partial charge in [0.15, 0.2) is 5.76 Å². The number of carbonyl (C=O) groups is 1. The maximum atomic E-state index is 12.6. The van der Waals surface area contributed by atoms with Gasteiger partial charge in [0.05, 0.1) is 20.2 Å². The summed E-state index contributed by atoms with van der Waals surface area (Å²) in [7, 11) is 1.62. The fraction of sp³-hybridized carbons (Fsp3) is 0.273. The Balaban J connectivity index is 1.61. The summed E-state index contributed by atoms with van der Waals surface area (Å²) >= 11 is 0. The fourth-order valence-corrected chi connectivity index (χ4v) is 2.94. The van der Waals surface area contributed by atoms with E-state index in [2.05, 4.69) is 10.5 Å². The molecule has 0 saturated carbocycles. The van der Waals surface area contributed by atoms with Crippen LogP contribution in [0.1, 0.15) is 24.7 Å². The molecule has 0 radical (unpaired) electrons. The number of aromatic nitrogens is 1. The van der Waals surface area contributed by atoms with Crippen LogP contribution in [0, 0.1) is 0 Å². The molecule has 29 heavy (non-hydrogen) atoms. The van der Waals surface area contributed by atoms with E-state index in [0.29, 0.717) is 30.1 Å². The molecule has 0 aliphatic heterocycles. The van der Waals surface area contributed by atoms with Crippen molar-refractivity contribution in [2.45, 2.75) is 26.4 Å². The molecule has 0 fully saturated rings. The summed E-state index contributed by atoms with van der Waals surface area (Å²) in [6.45, 7) is 3.14. The molecule has 0 unspecified atom stereocenters. The number of hydrogen-bond acceptors (Lipinski definition) is 5. The SMILES string of the molecule is CCCN(Cc1ccccc1O)C(=O)NCc1cc(-c2ccc(OC)cc2)no1. The summed E-state index contributed by atoms with van der Waals surface area (Å²) in [5.74, 6) is 1.51. The number of phenols is 1. The molecular formula is C22H25N3O4. The van der Waals surface area contributed by atoms with Gasteiger partial charge >= 0.3 is 6.03 Å². The number of carbonyl (C=O) groups excluding carboxylic acids is 1. The summed E-state index contributed by atoms with van der Waals surface area (Å²) < 4.78 is 10.5. The second kappa shape index (κ2) is 9.64. The largest absolute Gasteiger partial charge is 0.508 e. The molecule has 0 spiro atoms. The van der Waals surface area contributed by atoms with Gasteiger partial charge in [-0.15, -0.1) is 0 Å². The van der Waals surface area contributed by atoms with Crippen molar-refractivity contribution in [3.63, 3.8) is 0 Å². The lowest BCUT2D eigenvalue weighted by atomic mass is 10.1. The number of methoxy groups -OCH3 is 1. The molecule has 0 bridgehead atoms. The molecule has 7 nitrogen and oxygen atoms in total. The molecule has 3 rings (SSSR count). The van der Waals surface area contributed by atoms with Crippen molar-refractivity contribution >= 4 is 6.03 Å². The summed E-state index contributed by atoms with van der Waals surface area (Å²) in [6, 6.07) is 16.1. The van der Waals surface area contributed by atoms with Gasteiger partial charge in [-0.25, -0.2) is 4.79 Å². The maximum Gasteiger partial charge on any atom is 0.318 e. The number of nitrogens with zero attached hydrogens (tertiary/aromatic N) is 2. The van der Waals surface area contributed by atoms with Crippen molar-refractivity contribution < 1.29 is 19.2 Å². The Morgan fingerprint density at radius 1 is 1.21 bits per heavy atom. The van der Waals surface area contributed by atoms with Crippen LogP contribution in [0.2, 0.25) is 0 Å². The van der Waals surface area contributed by atoms with Gasteiger partial charge in [0.25, 0.3) is 0 Å². The standard InChI is InChI=1S/C22H25N3O4/c1-3-12-25(15-17-6-4-5-7-21(17)26)22(27)23-14-19-13-20(24-29-19)16-8-10-18(28-2)11-9-16/h4-11,13,26H,3,12,14-15H2,1-2H3,(H,23,27). The number of hydrogen-bond donors (Lipinski definition) is 2. The number of nitrogens with one attached hydrogen (secondary N) is 1. The molecule has 1 aromatic heterocycles. The second-order valence-electron chi connectivity index (χ2n) is 6.62. The molecule has 0 aliphatic carbocycles. The van der Waals surface area contributed by atoms with Crippen LogP contribution in [0.4, 0.5) is 4.79 Å². The monoisotopic (exact) mass is 395 g/mol. The van der Waals surface area contributed by atoms with E-state index in [4.69, 9.17) is 9.26 Å². The first-order valence-corrected chi connectivity index (χ1v) is 9.50. The minimum absolute atomic E-state index is 0.181. The van der Waals surface area contributed by atoms with Crippen molar-refractivity contribution in [2.24, 2.45) is 0 Å². The van der Waals surface area contributed by atoms with E-state index < -0.39 is 0 Å². The van der Waals surface area contributed by atoms with Gasteiger partial charge in [-0.05, 0) is 36.8 Å². The Labute approximate surface area is 169 Å². The lowest BCUT2D eigenvalue weighted by molar-refractivity contribution is 0.192. The predicted molar refractivity (Wildman–Crippen MR) is 110 cm³/mol. The normalized spacial score (nSPS) is 10.6. The third kappa shape index (κ3) is 5.28. The van der Waals surface area contributed by atoms with E-state index in [-0.39, 0.29) is 18.3 Å². The van der Waals surface area contributed by atoms with Crippen LogP contribution in [-0.2, 0) is 13.1 Å². The van der Waals surface area contributed by atoms with Gasteiger partial charge in [-0.1, -0.05) is 30.3 Å². The predicted octanol–water partition coefficient (Wildman–Crippen LogP) is 4.18. The van der Waals surface area contributed by atoms with E-state index in [9.17, 15) is 9.90 Å². The number of ether oxygens (including phenoxy) is 1. The molecule has 0 aliphatic rings. The van der Waals surface area contributed by atoms with Gasteiger partial charge in [0.1, 0.15) is 17.2 Å². The quantitative estimate of drug-likeness (QED) is 0.597. The number of benzene rings is 2. The van der Waals surface area contributed by atoms with E-state index in [1.165, 1.54) is 0 Å². The highest BCUT2D eigenvalue weighted by Crippen LogP contribution is 2.22. The highest BCUT2D eigenvalue weighted by molar-refractivity contribution is 5.74. The summed E-state index contributed by atoms with van der Waals surface area (Å²) in [5, 5.41) is 16.9. The van der Waals surface area contributed by atoms with Gasteiger partial charge in [-0.2, -0.15) is 0 Å². The Hall–Kier alpha value is -3.48. The highest BCUT2D eigenvalue weighted by Gasteiger charge is 2.16. The summed E-state index contributed by atoms with van der Waals surface area (Å²) in [6.07, 6.45) is 0.810. The topological polar surface area (TPSA) is 87.8 Å². The zero-order valence-corrected chi connectivity index (χ0v) is 16.6. The van der Waals surface area contributed by atoms with E-state index in [1.807, 2.05) is 43.3 Å². The fourth-order valence-electron chi connectivity index (χ4n) is 2.94. The van der Waals surface area contributed by atoms with E-state index >= 15 is 0 Å². The van der Waals surface area contributed by atoms with Crippen molar-refractivity contribution in [1.82, 2.24) is 15.4 Å². The zero-order chi connectivity index (χ0) is 20.6. The molecule has 7 heteroatoms. The number of phenolic OH excluding ortho intramolecular Hbond substituents is 1. The minimum atomic E-state index is -0.225. The smallest absolute Gasteiger partial charge is 0.318 e. The molecule has 152 valence electrons. The third-order valence-electron chi connectivity index (χ3n) is 4.49. The number of amides is 2. The lowest BCUT2D eigenvalue weighted by Crippen LogP contribution is -2.39. The van der Waals surface area contributed by atoms with E-state index in [0.717, 1.165) is 17.7 Å². The van der Waals surface area contributed by atoms with Crippen molar-refractivity contribution in [3.8, 4) is 22.8 Å². The first-order chi connectivity index (χ1) is 14.1. The Morgan fingerprint density at radius 2 is 1.97 bits per heavy atom. The average Bonchev–Trinajstić information content (AvgIpc) is 3.22. The Morgan fingerprint density at radius 3 is 2.66 bits per heavy atom. The summed E-state index contributed by atoms with van der Waals surface area (Å²) in [4.78, 5) is 14.3. The van der Waals surface area contributed by atoms with Gasteiger partial charge in [-0.3, -0.25) is 0 Å². The van der Waals surface area contributed by atoms with Gasteiger partial charge in [0, 0.05) is 23.7 Å². The van der Waals surface area contributed by atoms with Crippen LogP contribution in [0.3, 0.4) is 0 Å². The average molecular weight is 395 g/mol. The Kier molecular flexibility index (Phi) is 6.73. The third-order valence-corrected chi connectivity index (χ3v) is 4.49. The Bertz CT molecular complexity index is 937. The molecule has 2 amide bonds. The number of aromatic hydroxyl groups is 1. The molecule has 2 N–H and O–H groups in total. The van der Waals surface area contributed by atoms with Crippen molar-refractivity contribution in [3.05, 3.63) is 65.9 Å². The van der Waals surface area contributed by atoms with Crippen molar-refractivity contribution in [1.29, 1.82) is 0 Å². The summed E-state index contributed by atoms with van der Waals surface area (Å²) in [5.41, 5.74) is 2.30. The lowest BCUT2D eigenvalue weighted by Gasteiger charge is -2.22. The van der Waals surface area contributed by atoms with Crippen LogP contribution in [0.5, 0.6) is 11.5 Å². The van der Waals surface area contributed by atoms with Crippen LogP contribution in [-0.4, -0.2) is 34.8 Å². The van der Waals surface area contributed by atoms with Crippen LogP contribution in [0.15, 0.2) is 59.1 Å². The molecule has 3 aromatic rings. The second-order valence-corrected chi connectivity index (χ2v) is 6.62. The minimum Gasteiger partial charge on any atom is -0.508 e. The zero-order valence-electron chi connectivity index (χ0n) is 16.6. The number of para-hydroxylation sites is 1. The molecule has 0 saturated heterocycles. The maximum absolute atomic E-state index is 12.6. The van der Waals surface area contributed by atoms with Gasteiger partial charge < -0.3 is 24.6 Å². The van der Waals surface area contributed by atoms with E-state index in [1.54, 1.807) is 30.2 Å². The van der Waals surface area contributed by atoms with Gasteiger partial charge in [0.2, 0.25) is 0 Å². The molecule has 0 atom stereocenters. The first kappa shape index (κ1) is 20.3. The number of urea groups is 1. The molecular weight excluding hydrogens is 370 g/mol.